The van der Waals surface area contributed by atoms with Crippen molar-refractivity contribution in [3.63, 3.8) is 0 Å². The number of carbonyl (C=O) groups is 2. The third-order valence-corrected chi connectivity index (χ3v) is 6.02. The number of amides is 1. The van der Waals surface area contributed by atoms with Crippen molar-refractivity contribution in [2.75, 3.05) is 13.2 Å². The number of carboxylic acids is 1. The number of hydrogen-bond donors (Lipinski definition) is 1. The summed E-state index contributed by atoms with van der Waals surface area (Å²) in [5.74, 6) is -1.20. The van der Waals surface area contributed by atoms with E-state index in [0.29, 0.717) is 11.3 Å². The van der Waals surface area contributed by atoms with E-state index < -0.39 is 18.1 Å². The zero-order chi connectivity index (χ0) is 22.1. The van der Waals surface area contributed by atoms with E-state index in [9.17, 15) is 14.7 Å². The molecule has 1 aromatic heterocycles. The predicted octanol–water partition coefficient (Wildman–Crippen LogP) is 4.13. The second-order valence-corrected chi connectivity index (χ2v) is 7.64. The number of likely N-dealkylation sites (N-methyl/N-ethyl adjacent to an activating group) is 1. The van der Waals surface area contributed by atoms with Crippen LogP contribution in [0.2, 0.25) is 0 Å². The van der Waals surface area contributed by atoms with Crippen molar-refractivity contribution in [2.24, 2.45) is 7.05 Å². The first-order valence-electron chi connectivity index (χ1n) is 10.3. The van der Waals surface area contributed by atoms with Gasteiger partial charge in [0.2, 0.25) is 0 Å². The average molecular weight is 419 g/mol. The molecule has 1 unspecified atom stereocenters. The smallest absolute Gasteiger partial charge is 0.410 e. The quantitative estimate of drug-likeness (QED) is 0.650. The normalized spacial score (nSPS) is 13.4. The summed E-state index contributed by atoms with van der Waals surface area (Å²) in [6.45, 7) is 3.86. The van der Waals surface area contributed by atoms with Crippen LogP contribution in [0.1, 0.15) is 41.3 Å². The summed E-state index contributed by atoms with van der Waals surface area (Å²) in [7, 11) is 1.74. The van der Waals surface area contributed by atoms with Crippen molar-refractivity contribution in [1.82, 2.24) is 14.7 Å². The van der Waals surface area contributed by atoms with E-state index in [2.05, 4.69) is 17.2 Å². The summed E-state index contributed by atoms with van der Waals surface area (Å²) in [6, 6.07) is 15.0. The molecule has 31 heavy (non-hydrogen) atoms. The third-order valence-electron chi connectivity index (χ3n) is 6.02. The fourth-order valence-corrected chi connectivity index (χ4v) is 4.31. The lowest BCUT2D eigenvalue weighted by atomic mass is 9.98. The summed E-state index contributed by atoms with van der Waals surface area (Å²) >= 11 is 0. The SMILES string of the molecule is CCN(C(=O)OCC1c2ccccc2-c2ccccc21)C(C(=O)O)c1cnn(C)c1C. The maximum absolute atomic E-state index is 13.0. The van der Waals surface area contributed by atoms with Crippen LogP contribution in [0.25, 0.3) is 11.1 Å². The Bertz CT molecular complexity index is 1090. The van der Waals surface area contributed by atoms with Gasteiger partial charge in [0.1, 0.15) is 6.61 Å². The third kappa shape index (κ3) is 3.56. The lowest BCUT2D eigenvalue weighted by Crippen LogP contribution is -2.40. The standard InChI is InChI=1S/C24H25N3O4/c1-4-27(22(23(28)29)20-13-25-26(3)15(20)2)24(30)31-14-21-18-11-7-5-9-16(18)17-10-6-8-12-19(17)21/h5-13,21-22H,4,14H2,1-3H3,(H,28,29). The molecule has 0 bridgehead atoms. The van der Waals surface area contributed by atoms with Gasteiger partial charge in [-0.05, 0) is 36.1 Å². The van der Waals surface area contributed by atoms with Crippen LogP contribution in [0.5, 0.6) is 0 Å². The molecule has 0 fully saturated rings. The summed E-state index contributed by atoms with van der Waals surface area (Å²) in [5, 5.41) is 14.0. The maximum Gasteiger partial charge on any atom is 0.410 e. The molecular weight excluding hydrogens is 394 g/mol. The Hall–Kier alpha value is -3.61. The Morgan fingerprint density at radius 1 is 1.13 bits per heavy atom. The van der Waals surface area contributed by atoms with Crippen LogP contribution in [0.4, 0.5) is 4.79 Å². The number of aliphatic carboxylic acids is 1. The highest BCUT2D eigenvalue weighted by molar-refractivity contribution is 5.82. The lowest BCUT2D eigenvalue weighted by molar-refractivity contribution is -0.143. The van der Waals surface area contributed by atoms with Crippen LogP contribution < -0.4 is 0 Å². The molecule has 1 aliphatic rings. The van der Waals surface area contributed by atoms with E-state index in [-0.39, 0.29) is 19.1 Å². The Morgan fingerprint density at radius 2 is 1.71 bits per heavy atom. The molecule has 1 heterocycles. The number of carbonyl (C=O) groups excluding carboxylic acids is 1. The van der Waals surface area contributed by atoms with Gasteiger partial charge in [-0.2, -0.15) is 5.10 Å². The number of benzene rings is 2. The molecule has 0 spiro atoms. The van der Waals surface area contributed by atoms with E-state index in [4.69, 9.17) is 4.74 Å². The topological polar surface area (TPSA) is 84.7 Å². The highest BCUT2D eigenvalue weighted by atomic mass is 16.6. The molecular formula is C24H25N3O4. The molecule has 1 N–H and O–H groups in total. The van der Waals surface area contributed by atoms with E-state index in [1.165, 1.54) is 11.1 Å². The largest absolute Gasteiger partial charge is 0.479 e. The zero-order valence-electron chi connectivity index (χ0n) is 17.8. The molecule has 2 aromatic carbocycles. The van der Waals surface area contributed by atoms with Gasteiger partial charge < -0.3 is 9.84 Å². The molecule has 7 nitrogen and oxygen atoms in total. The van der Waals surface area contributed by atoms with Crippen molar-refractivity contribution in [2.45, 2.75) is 25.8 Å². The highest BCUT2D eigenvalue weighted by Crippen LogP contribution is 2.44. The van der Waals surface area contributed by atoms with Crippen LogP contribution in [0.15, 0.2) is 54.7 Å². The molecule has 1 atom stereocenters. The number of carboxylic acid groups (broad SMARTS) is 1. The van der Waals surface area contributed by atoms with Gasteiger partial charge >= 0.3 is 12.1 Å². The van der Waals surface area contributed by atoms with E-state index in [1.807, 2.05) is 36.4 Å². The first-order chi connectivity index (χ1) is 14.9. The Labute approximate surface area is 180 Å². The number of aromatic nitrogens is 2. The number of hydrogen-bond acceptors (Lipinski definition) is 4. The molecule has 0 radical (unpaired) electrons. The number of aryl methyl sites for hydroxylation is 1. The minimum absolute atomic E-state index is 0.0848. The number of nitrogens with zero attached hydrogens (tertiary/aromatic N) is 3. The van der Waals surface area contributed by atoms with Gasteiger partial charge in [0.05, 0.1) is 6.20 Å². The molecule has 1 amide bonds. The predicted molar refractivity (Wildman–Crippen MR) is 116 cm³/mol. The molecule has 3 aromatic rings. The zero-order valence-corrected chi connectivity index (χ0v) is 17.8. The summed E-state index contributed by atoms with van der Waals surface area (Å²) < 4.78 is 7.28. The monoisotopic (exact) mass is 419 g/mol. The minimum Gasteiger partial charge on any atom is -0.479 e. The van der Waals surface area contributed by atoms with Crippen molar-refractivity contribution in [1.29, 1.82) is 0 Å². The van der Waals surface area contributed by atoms with Crippen LogP contribution in [-0.2, 0) is 16.6 Å². The first kappa shape index (κ1) is 20.7. The Kier molecular flexibility index (Phi) is 5.50. The van der Waals surface area contributed by atoms with Crippen molar-refractivity contribution >= 4 is 12.1 Å². The second-order valence-electron chi connectivity index (χ2n) is 7.64. The first-order valence-corrected chi connectivity index (χ1v) is 10.3. The molecule has 4 rings (SSSR count). The Balaban J connectivity index is 1.57. The lowest BCUT2D eigenvalue weighted by Gasteiger charge is -2.27. The summed E-state index contributed by atoms with van der Waals surface area (Å²) in [6.07, 6.45) is 0.841. The van der Waals surface area contributed by atoms with E-state index in [1.54, 1.807) is 25.6 Å². The van der Waals surface area contributed by atoms with E-state index in [0.717, 1.165) is 22.3 Å². The minimum atomic E-state index is -1.16. The number of fused-ring (bicyclic) bond motifs is 3. The van der Waals surface area contributed by atoms with Crippen LogP contribution >= 0.6 is 0 Å². The molecule has 0 saturated heterocycles. The van der Waals surface area contributed by atoms with Gasteiger partial charge in [-0.25, -0.2) is 9.59 Å². The molecule has 1 aliphatic carbocycles. The molecule has 7 heteroatoms. The van der Waals surface area contributed by atoms with E-state index >= 15 is 0 Å². The highest BCUT2D eigenvalue weighted by Gasteiger charge is 2.35. The second kappa shape index (κ2) is 8.26. The van der Waals surface area contributed by atoms with Crippen molar-refractivity contribution in [3.8, 4) is 11.1 Å². The molecule has 0 saturated carbocycles. The van der Waals surface area contributed by atoms with Crippen molar-refractivity contribution < 1.29 is 19.4 Å². The fourth-order valence-electron chi connectivity index (χ4n) is 4.31. The Morgan fingerprint density at radius 3 is 2.19 bits per heavy atom. The molecule has 160 valence electrons. The maximum atomic E-state index is 13.0. The number of rotatable bonds is 6. The van der Waals surface area contributed by atoms with Crippen LogP contribution in [0, 0.1) is 6.92 Å². The average Bonchev–Trinajstić information content (AvgIpc) is 3.27. The van der Waals surface area contributed by atoms with Crippen LogP contribution in [0.3, 0.4) is 0 Å². The molecule has 0 aliphatic heterocycles. The van der Waals surface area contributed by atoms with Gasteiger partial charge in [0.15, 0.2) is 6.04 Å². The van der Waals surface area contributed by atoms with Gasteiger partial charge in [-0.3, -0.25) is 9.58 Å². The van der Waals surface area contributed by atoms with Crippen molar-refractivity contribution in [3.05, 3.63) is 77.1 Å². The fraction of sp³-hybridized carbons (Fsp3) is 0.292. The van der Waals surface area contributed by atoms with Gasteiger partial charge in [-0.15, -0.1) is 0 Å². The summed E-state index contributed by atoms with van der Waals surface area (Å²) in [4.78, 5) is 26.3. The van der Waals surface area contributed by atoms with Gasteiger partial charge in [0, 0.05) is 30.8 Å². The van der Waals surface area contributed by atoms with Crippen LogP contribution in [-0.4, -0.2) is 45.0 Å². The number of ether oxygens (including phenoxy) is 1. The van der Waals surface area contributed by atoms with Gasteiger partial charge in [-0.1, -0.05) is 48.5 Å². The van der Waals surface area contributed by atoms with Gasteiger partial charge in [0.25, 0.3) is 0 Å². The summed E-state index contributed by atoms with van der Waals surface area (Å²) in [5.41, 5.74) is 5.67.